The van der Waals surface area contributed by atoms with Gasteiger partial charge in [0.15, 0.2) is 6.61 Å². The summed E-state index contributed by atoms with van der Waals surface area (Å²) in [5, 5.41) is 5.81. The first-order chi connectivity index (χ1) is 12.4. The summed E-state index contributed by atoms with van der Waals surface area (Å²) < 4.78 is 5.01. The molecular weight excluding hydrogens is 356 g/mol. The third-order valence-electron chi connectivity index (χ3n) is 3.29. The molecule has 2 aromatic rings. The molecule has 0 aromatic heterocycles. The van der Waals surface area contributed by atoms with E-state index >= 15 is 0 Å². The Morgan fingerprint density at radius 2 is 1.69 bits per heavy atom. The lowest BCUT2D eigenvalue weighted by Gasteiger charge is -2.12. The number of amides is 2. The van der Waals surface area contributed by atoms with Gasteiger partial charge in [-0.15, -0.1) is 0 Å². The lowest BCUT2D eigenvalue weighted by molar-refractivity contribution is -0.124. The molecule has 7 heteroatoms. The largest absolute Gasteiger partial charge is 0.452 e. The van der Waals surface area contributed by atoms with Crippen LogP contribution in [-0.4, -0.2) is 30.4 Å². The normalized spacial score (nSPS) is 10.3. The number of anilines is 1. The Hall–Kier alpha value is -2.86. The number of para-hydroxylation sites is 1. The van der Waals surface area contributed by atoms with Crippen LogP contribution in [0.2, 0.25) is 5.02 Å². The molecule has 2 N–H and O–H groups in total. The monoisotopic (exact) mass is 374 g/mol. The summed E-state index contributed by atoms with van der Waals surface area (Å²) in [7, 11) is 0. The molecule has 26 heavy (non-hydrogen) atoms. The minimum absolute atomic E-state index is 0.0489. The van der Waals surface area contributed by atoms with E-state index in [0.29, 0.717) is 16.3 Å². The van der Waals surface area contributed by atoms with Gasteiger partial charge in [-0.05, 0) is 50.2 Å². The number of ether oxygens (including phenoxy) is 1. The number of carbonyl (C=O) groups excluding carboxylic acids is 3. The molecule has 2 aromatic carbocycles. The molecule has 0 fully saturated rings. The van der Waals surface area contributed by atoms with E-state index in [1.165, 1.54) is 6.07 Å². The molecule has 0 atom stereocenters. The van der Waals surface area contributed by atoms with Crippen molar-refractivity contribution in [2.75, 3.05) is 11.9 Å². The van der Waals surface area contributed by atoms with E-state index in [4.69, 9.17) is 16.3 Å². The van der Waals surface area contributed by atoms with Crippen LogP contribution in [0.3, 0.4) is 0 Å². The second-order valence-electron chi connectivity index (χ2n) is 5.80. The Morgan fingerprint density at radius 3 is 2.35 bits per heavy atom. The first-order valence-electron chi connectivity index (χ1n) is 7.99. The molecule has 0 saturated carbocycles. The summed E-state index contributed by atoms with van der Waals surface area (Å²) in [5.74, 6) is -1.48. The van der Waals surface area contributed by atoms with Crippen molar-refractivity contribution in [2.24, 2.45) is 0 Å². The van der Waals surface area contributed by atoms with Crippen LogP contribution in [0.5, 0.6) is 0 Å². The molecule has 0 unspecified atom stereocenters. The fourth-order valence-electron chi connectivity index (χ4n) is 2.14. The average molecular weight is 375 g/mol. The number of hydrogen-bond acceptors (Lipinski definition) is 4. The second-order valence-corrected chi connectivity index (χ2v) is 6.24. The quantitative estimate of drug-likeness (QED) is 0.760. The van der Waals surface area contributed by atoms with Crippen molar-refractivity contribution in [3.05, 3.63) is 64.7 Å². The van der Waals surface area contributed by atoms with Crippen LogP contribution >= 0.6 is 11.6 Å². The van der Waals surface area contributed by atoms with Crippen LogP contribution < -0.4 is 10.6 Å². The zero-order valence-electron chi connectivity index (χ0n) is 14.4. The fraction of sp³-hybridized carbons (Fsp3) is 0.211. The lowest BCUT2D eigenvalue weighted by atomic mass is 10.1. The summed E-state index contributed by atoms with van der Waals surface area (Å²) >= 11 is 5.81. The van der Waals surface area contributed by atoms with Gasteiger partial charge in [0.2, 0.25) is 0 Å². The topological polar surface area (TPSA) is 84.5 Å². The van der Waals surface area contributed by atoms with Gasteiger partial charge in [-0.2, -0.15) is 0 Å². The molecule has 0 aliphatic rings. The van der Waals surface area contributed by atoms with E-state index in [0.717, 1.165) is 0 Å². The van der Waals surface area contributed by atoms with Crippen molar-refractivity contribution in [2.45, 2.75) is 19.9 Å². The number of nitrogens with one attached hydrogen (secondary N) is 2. The van der Waals surface area contributed by atoms with Gasteiger partial charge in [0, 0.05) is 16.6 Å². The Bertz CT molecular complexity index is 803. The SMILES string of the molecule is CC(C)NC(=O)COC(=O)c1ccccc1NC(=O)c1ccc(Cl)cc1. The van der Waals surface area contributed by atoms with Gasteiger partial charge < -0.3 is 15.4 Å². The summed E-state index contributed by atoms with van der Waals surface area (Å²) in [6.07, 6.45) is 0. The van der Waals surface area contributed by atoms with Gasteiger partial charge >= 0.3 is 5.97 Å². The highest BCUT2D eigenvalue weighted by atomic mass is 35.5. The first kappa shape index (κ1) is 19.5. The van der Waals surface area contributed by atoms with Gasteiger partial charge in [-0.3, -0.25) is 9.59 Å². The third kappa shape index (κ3) is 5.60. The average Bonchev–Trinajstić information content (AvgIpc) is 2.60. The molecule has 0 radical (unpaired) electrons. The van der Waals surface area contributed by atoms with E-state index in [9.17, 15) is 14.4 Å². The number of rotatable bonds is 6. The molecular formula is C19H19ClN2O4. The van der Waals surface area contributed by atoms with Crippen LogP contribution in [0.25, 0.3) is 0 Å². The molecule has 0 aliphatic carbocycles. The number of benzene rings is 2. The molecule has 0 spiro atoms. The third-order valence-corrected chi connectivity index (χ3v) is 3.54. The molecule has 0 saturated heterocycles. The van der Waals surface area contributed by atoms with Crippen LogP contribution in [0.1, 0.15) is 34.6 Å². The van der Waals surface area contributed by atoms with E-state index in [2.05, 4.69) is 10.6 Å². The summed E-state index contributed by atoms with van der Waals surface area (Å²) in [5.41, 5.74) is 0.850. The molecule has 136 valence electrons. The predicted octanol–water partition coefficient (Wildman–Crippen LogP) is 3.27. The van der Waals surface area contributed by atoms with Gasteiger partial charge in [0.05, 0.1) is 11.3 Å². The molecule has 2 amide bonds. The van der Waals surface area contributed by atoms with Crippen molar-refractivity contribution in [3.63, 3.8) is 0 Å². The zero-order valence-corrected chi connectivity index (χ0v) is 15.2. The minimum atomic E-state index is -0.698. The number of esters is 1. The molecule has 2 rings (SSSR count). The Kier molecular flexibility index (Phi) is 6.74. The van der Waals surface area contributed by atoms with Crippen LogP contribution in [0.15, 0.2) is 48.5 Å². The first-order valence-corrected chi connectivity index (χ1v) is 8.37. The maximum absolute atomic E-state index is 12.3. The zero-order chi connectivity index (χ0) is 19.1. The standard InChI is InChI=1S/C19H19ClN2O4/c1-12(2)21-17(23)11-26-19(25)15-5-3-4-6-16(15)22-18(24)13-7-9-14(20)10-8-13/h3-10,12H,11H2,1-2H3,(H,21,23)(H,22,24). The Morgan fingerprint density at radius 1 is 1.04 bits per heavy atom. The summed E-state index contributed by atoms with van der Waals surface area (Å²) in [6.45, 7) is 3.22. The van der Waals surface area contributed by atoms with E-state index in [1.807, 2.05) is 0 Å². The fourth-order valence-corrected chi connectivity index (χ4v) is 2.26. The highest BCUT2D eigenvalue weighted by Crippen LogP contribution is 2.18. The van der Waals surface area contributed by atoms with Gasteiger partial charge in [0.25, 0.3) is 11.8 Å². The van der Waals surface area contributed by atoms with E-state index < -0.39 is 18.5 Å². The Balaban J connectivity index is 2.07. The molecule has 0 aliphatic heterocycles. The van der Waals surface area contributed by atoms with Crippen molar-refractivity contribution in [1.29, 1.82) is 0 Å². The van der Waals surface area contributed by atoms with Crippen LogP contribution in [0, 0.1) is 0 Å². The van der Waals surface area contributed by atoms with E-state index in [-0.39, 0.29) is 17.5 Å². The van der Waals surface area contributed by atoms with Crippen LogP contribution in [0.4, 0.5) is 5.69 Å². The van der Waals surface area contributed by atoms with Gasteiger partial charge in [0.1, 0.15) is 0 Å². The maximum atomic E-state index is 12.3. The number of halogens is 1. The highest BCUT2D eigenvalue weighted by Gasteiger charge is 2.16. The van der Waals surface area contributed by atoms with E-state index in [1.54, 1.807) is 56.3 Å². The minimum Gasteiger partial charge on any atom is -0.452 e. The van der Waals surface area contributed by atoms with Crippen molar-refractivity contribution >= 4 is 35.1 Å². The van der Waals surface area contributed by atoms with Gasteiger partial charge in [-0.1, -0.05) is 23.7 Å². The highest BCUT2D eigenvalue weighted by molar-refractivity contribution is 6.30. The van der Waals surface area contributed by atoms with Crippen molar-refractivity contribution in [3.8, 4) is 0 Å². The molecule has 6 nitrogen and oxygen atoms in total. The Labute approximate surface area is 156 Å². The summed E-state index contributed by atoms with van der Waals surface area (Å²) in [4.78, 5) is 36.2. The number of hydrogen-bond donors (Lipinski definition) is 2. The van der Waals surface area contributed by atoms with Crippen LogP contribution in [-0.2, 0) is 9.53 Å². The predicted molar refractivity (Wildman–Crippen MR) is 99.4 cm³/mol. The van der Waals surface area contributed by atoms with Crippen molar-refractivity contribution < 1.29 is 19.1 Å². The smallest absolute Gasteiger partial charge is 0.340 e. The maximum Gasteiger partial charge on any atom is 0.340 e. The molecule has 0 heterocycles. The number of carbonyl (C=O) groups is 3. The molecule has 0 bridgehead atoms. The lowest BCUT2D eigenvalue weighted by Crippen LogP contribution is -2.34. The van der Waals surface area contributed by atoms with Crippen molar-refractivity contribution in [1.82, 2.24) is 5.32 Å². The summed E-state index contributed by atoms with van der Waals surface area (Å²) in [6, 6.07) is 12.7. The van der Waals surface area contributed by atoms with Gasteiger partial charge in [-0.25, -0.2) is 4.79 Å². The second kappa shape index (κ2) is 9.01.